The minimum Gasteiger partial charge on any atom is -0.491 e. The molecule has 4 nitrogen and oxygen atoms in total. The lowest BCUT2D eigenvalue weighted by Crippen LogP contribution is -2.45. The Labute approximate surface area is 121 Å². The Hall–Kier alpha value is -1.55. The molecule has 1 atom stereocenters. The van der Waals surface area contributed by atoms with Crippen molar-refractivity contribution < 1.29 is 14.3 Å². The Morgan fingerprint density at radius 3 is 2.50 bits per heavy atom. The molecule has 20 heavy (non-hydrogen) atoms. The summed E-state index contributed by atoms with van der Waals surface area (Å²) in [7, 11) is 0. The molecular formula is C16H25NO3. The van der Waals surface area contributed by atoms with Gasteiger partial charge in [-0.2, -0.15) is 0 Å². The zero-order valence-corrected chi connectivity index (χ0v) is 13.0. The summed E-state index contributed by atoms with van der Waals surface area (Å²) in [5.41, 5.74) is 2.40. The van der Waals surface area contributed by atoms with Gasteiger partial charge in [0, 0.05) is 6.04 Å². The normalized spacial score (nSPS) is 12.3. The Morgan fingerprint density at radius 2 is 1.95 bits per heavy atom. The van der Waals surface area contributed by atoms with Crippen LogP contribution in [0.5, 0.6) is 5.75 Å². The van der Waals surface area contributed by atoms with Crippen molar-refractivity contribution in [2.75, 3.05) is 13.2 Å². The summed E-state index contributed by atoms with van der Waals surface area (Å²) in [6, 6.07) is 5.65. The summed E-state index contributed by atoms with van der Waals surface area (Å²) >= 11 is 0. The lowest BCUT2D eigenvalue weighted by atomic mass is 10.1. The van der Waals surface area contributed by atoms with E-state index in [-0.39, 0.29) is 18.6 Å². The van der Waals surface area contributed by atoms with Crippen LogP contribution in [-0.2, 0) is 9.53 Å². The number of carbonyl (C=O) groups is 1. The van der Waals surface area contributed by atoms with Gasteiger partial charge in [0.15, 0.2) is 0 Å². The second-order valence-corrected chi connectivity index (χ2v) is 5.18. The van der Waals surface area contributed by atoms with Crippen LogP contribution < -0.4 is 10.1 Å². The number of ether oxygens (including phenoxy) is 2. The number of nitrogens with one attached hydrogen (secondary N) is 1. The van der Waals surface area contributed by atoms with E-state index in [4.69, 9.17) is 9.47 Å². The van der Waals surface area contributed by atoms with Crippen LogP contribution >= 0.6 is 0 Å². The number of carbonyl (C=O) groups excluding carboxylic acids is 1. The van der Waals surface area contributed by atoms with Gasteiger partial charge in [-0.25, -0.2) is 0 Å². The van der Waals surface area contributed by atoms with Gasteiger partial charge in [0.05, 0.1) is 6.61 Å². The average molecular weight is 279 g/mol. The zero-order valence-electron chi connectivity index (χ0n) is 13.0. The van der Waals surface area contributed by atoms with Crippen molar-refractivity contribution in [1.29, 1.82) is 0 Å². The van der Waals surface area contributed by atoms with Crippen molar-refractivity contribution >= 4 is 5.97 Å². The molecule has 1 N–H and O–H groups in total. The summed E-state index contributed by atoms with van der Waals surface area (Å²) < 4.78 is 10.8. The highest BCUT2D eigenvalue weighted by molar-refractivity contribution is 5.76. The van der Waals surface area contributed by atoms with Crippen LogP contribution in [0.15, 0.2) is 18.2 Å². The molecule has 0 aliphatic heterocycles. The maximum Gasteiger partial charge on any atom is 0.326 e. The molecule has 0 saturated carbocycles. The van der Waals surface area contributed by atoms with E-state index >= 15 is 0 Å². The van der Waals surface area contributed by atoms with Gasteiger partial charge in [0.2, 0.25) is 0 Å². The molecule has 0 aliphatic rings. The van der Waals surface area contributed by atoms with E-state index in [1.165, 1.54) is 11.1 Å². The van der Waals surface area contributed by atoms with Crippen LogP contribution in [0.3, 0.4) is 0 Å². The Morgan fingerprint density at radius 1 is 1.25 bits per heavy atom. The smallest absolute Gasteiger partial charge is 0.326 e. The van der Waals surface area contributed by atoms with Gasteiger partial charge < -0.3 is 9.47 Å². The van der Waals surface area contributed by atoms with Gasteiger partial charge in [-0.3, -0.25) is 10.1 Å². The van der Waals surface area contributed by atoms with Crippen LogP contribution in [0.2, 0.25) is 0 Å². The number of aryl methyl sites for hydroxylation is 2. The van der Waals surface area contributed by atoms with Crippen molar-refractivity contribution in [1.82, 2.24) is 5.32 Å². The minimum atomic E-state index is -0.448. The molecule has 0 fully saturated rings. The van der Waals surface area contributed by atoms with E-state index < -0.39 is 6.04 Å². The molecule has 0 heterocycles. The van der Waals surface area contributed by atoms with Crippen molar-refractivity contribution in [3.05, 3.63) is 29.3 Å². The Bertz CT molecular complexity index is 443. The molecule has 4 heteroatoms. The molecule has 1 aromatic rings. The summed E-state index contributed by atoms with van der Waals surface area (Å²) in [6.45, 7) is 10.5. The maximum atomic E-state index is 11.9. The minimum absolute atomic E-state index is 0.188. The number of hydrogen-bond acceptors (Lipinski definition) is 4. The van der Waals surface area contributed by atoms with Crippen molar-refractivity contribution in [3.63, 3.8) is 0 Å². The molecule has 0 bridgehead atoms. The number of hydrogen-bond donors (Lipinski definition) is 1. The summed E-state index contributed by atoms with van der Waals surface area (Å²) in [5.74, 6) is 0.498. The largest absolute Gasteiger partial charge is 0.491 e. The fraction of sp³-hybridized carbons (Fsp3) is 0.562. The fourth-order valence-electron chi connectivity index (χ4n) is 1.81. The molecule has 1 aromatic carbocycles. The monoisotopic (exact) mass is 279 g/mol. The van der Waals surface area contributed by atoms with Crippen molar-refractivity contribution in [3.8, 4) is 5.75 Å². The van der Waals surface area contributed by atoms with Crippen LogP contribution in [0, 0.1) is 13.8 Å². The molecular weight excluding hydrogens is 254 g/mol. The predicted octanol–water partition coefficient (Wildman–Crippen LogP) is 2.61. The first kappa shape index (κ1) is 16.5. The zero-order chi connectivity index (χ0) is 15.1. The first-order valence-corrected chi connectivity index (χ1v) is 7.06. The molecule has 112 valence electrons. The van der Waals surface area contributed by atoms with E-state index in [1.54, 1.807) is 6.92 Å². The summed E-state index contributed by atoms with van der Waals surface area (Å²) in [5, 5.41) is 3.16. The maximum absolute atomic E-state index is 11.9. The van der Waals surface area contributed by atoms with E-state index in [2.05, 4.69) is 12.2 Å². The Kier molecular flexibility index (Phi) is 6.52. The van der Waals surface area contributed by atoms with Gasteiger partial charge in [0.25, 0.3) is 0 Å². The van der Waals surface area contributed by atoms with Gasteiger partial charge >= 0.3 is 5.97 Å². The predicted molar refractivity (Wildman–Crippen MR) is 80.1 cm³/mol. The summed E-state index contributed by atoms with van der Waals surface area (Å²) in [4.78, 5) is 11.9. The first-order chi connectivity index (χ1) is 9.43. The molecule has 0 aromatic heterocycles. The molecule has 0 spiro atoms. The highest BCUT2D eigenvalue weighted by Crippen LogP contribution is 2.16. The number of esters is 1. The van der Waals surface area contributed by atoms with E-state index in [9.17, 15) is 4.79 Å². The fourth-order valence-corrected chi connectivity index (χ4v) is 1.81. The lowest BCUT2D eigenvalue weighted by molar-refractivity contribution is -0.146. The number of benzene rings is 1. The highest BCUT2D eigenvalue weighted by atomic mass is 16.5. The molecule has 0 radical (unpaired) electrons. The van der Waals surface area contributed by atoms with Crippen molar-refractivity contribution in [2.24, 2.45) is 0 Å². The second kappa shape index (κ2) is 7.90. The highest BCUT2D eigenvalue weighted by Gasteiger charge is 2.21. The SMILES string of the molecule is CCOC(=O)C(COc1ccc(C)c(C)c1)NC(C)C. The van der Waals surface area contributed by atoms with Crippen LogP contribution in [0.25, 0.3) is 0 Å². The van der Waals surface area contributed by atoms with E-state index in [1.807, 2.05) is 39.0 Å². The van der Waals surface area contributed by atoms with E-state index in [0.29, 0.717) is 6.61 Å². The van der Waals surface area contributed by atoms with Gasteiger partial charge in [0.1, 0.15) is 18.4 Å². The summed E-state index contributed by atoms with van der Waals surface area (Å²) in [6.07, 6.45) is 0. The average Bonchev–Trinajstić information content (AvgIpc) is 2.38. The van der Waals surface area contributed by atoms with Crippen LogP contribution in [0.1, 0.15) is 31.9 Å². The third-order valence-electron chi connectivity index (χ3n) is 3.00. The van der Waals surface area contributed by atoms with E-state index in [0.717, 1.165) is 5.75 Å². The van der Waals surface area contributed by atoms with Gasteiger partial charge in [-0.05, 0) is 44.0 Å². The molecule has 1 rings (SSSR count). The molecule has 0 aliphatic carbocycles. The quantitative estimate of drug-likeness (QED) is 0.779. The van der Waals surface area contributed by atoms with Gasteiger partial charge in [-0.15, -0.1) is 0 Å². The Balaban J connectivity index is 2.65. The van der Waals surface area contributed by atoms with Gasteiger partial charge in [-0.1, -0.05) is 19.9 Å². The topological polar surface area (TPSA) is 47.6 Å². The standard InChI is InChI=1S/C16H25NO3/c1-6-19-16(18)15(17-11(2)3)10-20-14-8-7-12(4)13(5)9-14/h7-9,11,15,17H,6,10H2,1-5H3. The first-order valence-electron chi connectivity index (χ1n) is 7.06. The number of rotatable bonds is 7. The molecule has 0 saturated heterocycles. The molecule has 0 amide bonds. The van der Waals surface area contributed by atoms with Crippen LogP contribution in [-0.4, -0.2) is 31.3 Å². The molecule has 1 unspecified atom stereocenters. The van der Waals surface area contributed by atoms with Crippen LogP contribution in [0.4, 0.5) is 0 Å². The van der Waals surface area contributed by atoms with Crippen molar-refractivity contribution in [2.45, 2.75) is 46.7 Å². The third kappa shape index (κ3) is 5.21. The third-order valence-corrected chi connectivity index (χ3v) is 3.00. The lowest BCUT2D eigenvalue weighted by Gasteiger charge is -2.20. The second-order valence-electron chi connectivity index (χ2n) is 5.18.